The van der Waals surface area contributed by atoms with Gasteiger partial charge in [-0.15, -0.1) is 0 Å². The second-order valence-corrected chi connectivity index (χ2v) is 6.77. The molecule has 0 bridgehead atoms. The predicted octanol–water partition coefficient (Wildman–Crippen LogP) is 4.65. The highest BCUT2D eigenvalue weighted by molar-refractivity contribution is 6.04. The van der Waals surface area contributed by atoms with Crippen LogP contribution in [0.3, 0.4) is 0 Å². The summed E-state index contributed by atoms with van der Waals surface area (Å²) in [6, 6.07) is 17.5. The number of benzene rings is 2. The molecule has 1 heterocycles. The van der Waals surface area contributed by atoms with E-state index in [0.29, 0.717) is 23.6 Å². The molecule has 0 saturated carbocycles. The zero-order valence-electron chi connectivity index (χ0n) is 16.5. The molecule has 0 aliphatic carbocycles. The van der Waals surface area contributed by atoms with Crippen molar-refractivity contribution < 1.29 is 9.53 Å². The lowest BCUT2D eigenvalue weighted by Gasteiger charge is -2.09. The molecule has 2 aromatic carbocycles. The van der Waals surface area contributed by atoms with Crippen LogP contribution in [0.1, 0.15) is 43.0 Å². The monoisotopic (exact) mass is 391 g/mol. The van der Waals surface area contributed by atoms with Gasteiger partial charge < -0.3 is 10.1 Å². The number of unbranched alkanes of at least 4 members (excludes halogenated alkanes) is 3. The van der Waals surface area contributed by atoms with Crippen molar-refractivity contribution in [1.29, 1.82) is 0 Å². The Morgan fingerprint density at radius 1 is 1.03 bits per heavy atom. The Labute approximate surface area is 169 Å². The average molecular weight is 391 g/mol. The van der Waals surface area contributed by atoms with E-state index in [1.165, 1.54) is 25.3 Å². The lowest BCUT2D eigenvalue weighted by atomic mass is 10.1. The number of H-pyrrole nitrogens is 1. The van der Waals surface area contributed by atoms with E-state index in [1.54, 1.807) is 24.3 Å². The van der Waals surface area contributed by atoms with Gasteiger partial charge in [-0.2, -0.15) is 5.10 Å². The van der Waals surface area contributed by atoms with Crippen LogP contribution in [0.2, 0.25) is 0 Å². The maximum absolute atomic E-state index is 12.5. The highest BCUT2D eigenvalue weighted by atomic mass is 16.5. The van der Waals surface area contributed by atoms with Crippen molar-refractivity contribution in [2.24, 2.45) is 0 Å². The van der Waals surface area contributed by atoms with Crippen LogP contribution >= 0.6 is 0 Å². The molecule has 0 aliphatic rings. The van der Waals surface area contributed by atoms with Gasteiger partial charge in [0.15, 0.2) is 0 Å². The summed E-state index contributed by atoms with van der Waals surface area (Å²) in [5.74, 6) is 0.565. The van der Waals surface area contributed by atoms with Gasteiger partial charge in [0, 0.05) is 22.9 Å². The maximum atomic E-state index is 12.5. The van der Waals surface area contributed by atoms with Crippen LogP contribution < -0.4 is 15.6 Å². The van der Waals surface area contributed by atoms with E-state index in [2.05, 4.69) is 22.4 Å². The largest absolute Gasteiger partial charge is 0.494 e. The number of amides is 1. The van der Waals surface area contributed by atoms with Gasteiger partial charge in [-0.25, -0.2) is 5.10 Å². The quantitative estimate of drug-likeness (QED) is 0.520. The third-order valence-electron chi connectivity index (χ3n) is 4.48. The van der Waals surface area contributed by atoms with Gasteiger partial charge in [-0.3, -0.25) is 9.59 Å². The highest BCUT2D eigenvalue weighted by Crippen LogP contribution is 2.21. The standard InChI is InChI=1S/C23H25N3O3/c1-2-3-4-5-15-29-20-11-9-17(10-12-20)23(28)24-19-8-6-7-18(16-19)21-13-14-22(27)26-25-21/h6-14,16H,2-5,15H2,1H3,(H,24,28)(H,26,27). The fourth-order valence-corrected chi connectivity index (χ4v) is 2.89. The number of rotatable bonds is 9. The second-order valence-electron chi connectivity index (χ2n) is 6.77. The molecule has 150 valence electrons. The van der Waals surface area contributed by atoms with E-state index in [-0.39, 0.29) is 11.5 Å². The fraction of sp³-hybridized carbons (Fsp3) is 0.261. The Bertz CT molecular complexity index is 976. The van der Waals surface area contributed by atoms with E-state index in [0.717, 1.165) is 17.7 Å². The third kappa shape index (κ3) is 6.04. The number of anilines is 1. The first-order chi connectivity index (χ1) is 14.2. The summed E-state index contributed by atoms with van der Waals surface area (Å²) >= 11 is 0. The molecule has 3 aromatic rings. The molecule has 6 nitrogen and oxygen atoms in total. The Kier molecular flexibility index (Phi) is 7.16. The van der Waals surface area contributed by atoms with Gasteiger partial charge in [0.05, 0.1) is 12.3 Å². The minimum Gasteiger partial charge on any atom is -0.494 e. The first-order valence-corrected chi connectivity index (χ1v) is 9.86. The number of aromatic nitrogens is 2. The normalized spacial score (nSPS) is 10.5. The summed E-state index contributed by atoms with van der Waals surface area (Å²) in [6.07, 6.45) is 4.64. The summed E-state index contributed by atoms with van der Waals surface area (Å²) < 4.78 is 5.71. The van der Waals surface area contributed by atoms with E-state index in [1.807, 2.05) is 30.3 Å². The van der Waals surface area contributed by atoms with Crippen molar-refractivity contribution in [3.8, 4) is 17.0 Å². The number of carbonyl (C=O) groups excluding carboxylic acids is 1. The topological polar surface area (TPSA) is 84.1 Å². The summed E-state index contributed by atoms with van der Waals surface area (Å²) in [4.78, 5) is 23.7. The molecule has 0 unspecified atom stereocenters. The molecule has 0 radical (unpaired) electrons. The van der Waals surface area contributed by atoms with Crippen molar-refractivity contribution in [3.05, 3.63) is 76.6 Å². The first kappa shape index (κ1) is 20.3. The Morgan fingerprint density at radius 2 is 1.86 bits per heavy atom. The van der Waals surface area contributed by atoms with Crippen LogP contribution in [-0.4, -0.2) is 22.7 Å². The molecule has 0 fully saturated rings. The molecule has 0 atom stereocenters. The van der Waals surface area contributed by atoms with Crippen molar-refractivity contribution >= 4 is 11.6 Å². The van der Waals surface area contributed by atoms with Crippen LogP contribution in [0.5, 0.6) is 5.75 Å². The zero-order valence-corrected chi connectivity index (χ0v) is 16.5. The smallest absolute Gasteiger partial charge is 0.264 e. The van der Waals surface area contributed by atoms with E-state index < -0.39 is 0 Å². The summed E-state index contributed by atoms with van der Waals surface area (Å²) in [5.41, 5.74) is 2.37. The molecular formula is C23H25N3O3. The summed E-state index contributed by atoms with van der Waals surface area (Å²) in [7, 11) is 0. The maximum Gasteiger partial charge on any atom is 0.264 e. The van der Waals surface area contributed by atoms with E-state index >= 15 is 0 Å². The molecule has 0 aliphatic heterocycles. The van der Waals surface area contributed by atoms with Gasteiger partial charge >= 0.3 is 0 Å². The van der Waals surface area contributed by atoms with Crippen molar-refractivity contribution in [2.75, 3.05) is 11.9 Å². The Balaban J connectivity index is 1.59. The summed E-state index contributed by atoms with van der Waals surface area (Å²) in [5, 5.41) is 9.31. The van der Waals surface area contributed by atoms with Crippen molar-refractivity contribution in [2.45, 2.75) is 32.6 Å². The van der Waals surface area contributed by atoms with Crippen LogP contribution in [0.15, 0.2) is 65.5 Å². The van der Waals surface area contributed by atoms with Gasteiger partial charge in [0.2, 0.25) is 0 Å². The zero-order chi connectivity index (χ0) is 20.5. The lowest BCUT2D eigenvalue weighted by molar-refractivity contribution is 0.102. The number of aromatic amines is 1. The van der Waals surface area contributed by atoms with E-state index in [9.17, 15) is 9.59 Å². The number of nitrogens with one attached hydrogen (secondary N) is 2. The third-order valence-corrected chi connectivity index (χ3v) is 4.48. The fourth-order valence-electron chi connectivity index (χ4n) is 2.89. The minimum absolute atomic E-state index is 0.203. The molecule has 6 heteroatoms. The van der Waals surface area contributed by atoms with Gasteiger partial charge in [0.1, 0.15) is 5.75 Å². The molecular weight excluding hydrogens is 366 g/mol. The molecule has 1 amide bonds. The molecule has 0 spiro atoms. The molecule has 29 heavy (non-hydrogen) atoms. The SMILES string of the molecule is CCCCCCOc1ccc(C(=O)Nc2cccc(-c3ccc(=O)[nH]n3)c2)cc1. The molecule has 1 aromatic heterocycles. The second kappa shape index (κ2) is 10.2. The van der Waals surface area contributed by atoms with Crippen molar-refractivity contribution in [1.82, 2.24) is 10.2 Å². The molecule has 3 rings (SSSR count). The minimum atomic E-state index is -0.258. The Morgan fingerprint density at radius 3 is 2.59 bits per heavy atom. The number of hydrogen-bond acceptors (Lipinski definition) is 4. The first-order valence-electron chi connectivity index (χ1n) is 9.86. The number of nitrogens with zero attached hydrogens (tertiary/aromatic N) is 1. The predicted molar refractivity (Wildman–Crippen MR) is 114 cm³/mol. The number of carbonyl (C=O) groups is 1. The van der Waals surface area contributed by atoms with Crippen LogP contribution in [0.25, 0.3) is 11.3 Å². The van der Waals surface area contributed by atoms with Crippen LogP contribution in [-0.2, 0) is 0 Å². The average Bonchev–Trinajstić information content (AvgIpc) is 2.75. The summed E-state index contributed by atoms with van der Waals surface area (Å²) in [6.45, 7) is 2.87. The van der Waals surface area contributed by atoms with Crippen LogP contribution in [0, 0.1) is 0 Å². The van der Waals surface area contributed by atoms with Gasteiger partial charge in [-0.05, 0) is 48.9 Å². The highest BCUT2D eigenvalue weighted by Gasteiger charge is 2.08. The van der Waals surface area contributed by atoms with E-state index in [4.69, 9.17) is 4.74 Å². The lowest BCUT2D eigenvalue weighted by Crippen LogP contribution is -2.12. The Hall–Kier alpha value is -3.41. The number of ether oxygens (including phenoxy) is 1. The van der Waals surface area contributed by atoms with Crippen molar-refractivity contribution in [3.63, 3.8) is 0 Å². The molecule has 2 N–H and O–H groups in total. The van der Waals surface area contributed by atoms with Crippen LogP contribution in [0.4, 0.5) is 5.69 Å². The number of hydrogen-bond donors (Lipinski definition) is 2. The van der Waals surface area contributed by atoms with Gasteiger partial charge in [-0.1, -0.05) is 38.3 Å². The molecule has 0 saturated heterocycles. The van der Waals surface area contributed by atoms with Gasteiger partial charge in [0.25, 0.3) is 11.5 Å².